The van der Waals surface area contributed by atoms with Gasteiger partial charge in [0.2, 0.25) is 0 Å². The van der Waals surface area contributed by atoms with Crippen LogP contribution in [0.25, 0.3) is 0 Å². The van der Waals surface area contributed by atoms with E-state index >= 15 is 0 Å². The van der Waals surface area contributed by atoms with Crippen molar-refractivity contribution >= 4 is 8.07 Å². The molecule has 0 saturated heterocycles. The second-order valence-electron chi connectivity index (χ2n) is 9.08. The maximum Gasteiger partial charge on any atom is 0.0775 e. The molecule has 0 N–H and O–H groups in total. The predicted molar refractivity (Wildman–Crippen MR) is 118 cm³/mol. The van der Waals surface area contributed by atoms with Crippen molar-refractivity contribution in [1.29, 1.82) is 0 Å². The quantitative estimate of drug-likeness (QED) is 0.140. The van der Waals surface area contributed by atoms with Crippen LogP contribution in [0.15, 0.2) is 35.6 Å². The molecule has 25 heavy (non-hydrogen) atoms. The van der Waals surface area contributed by atoms with Crippen molar-refractivity contribution in [2.75, 3.05) is 6.61 Å². The Balaban J connectivity index is 4.73. The molecule has 0 bridgehead atoms. The summed E-state index contributed by atoms with van der Waals surface area (Å²) in [6.45, 7) is 20.9. The highest BCUT2D eigenvalue weighted by atomic mass is 28.3. The van der Waals surface area contributed by atoms with Crippen LogP contribution in [0.5, 0.6) is 0 Å². The van der Waals surface area contributed by atoms with E-state index in [0.29, 0.717) is 0 Å². The van der Waals surface area contributed by atoms with Gasteiger partial charge >= 0.3 is 0 Å². The summed E-state index contributed by atoms with van der Waals surface area (Å²) >= 11 is 0. The van der Waals surface area contributed by atoms with Gasteiger partial charge in [-0.15, -0.1) is 6.58 Å². The Morgan fingerprint density at radius 2 is 1.72 bits per heavy atom. The van der Waals surface area contributed by atoms with Crippen LogP contribution in [0.2, 0.25) is 19.6 Å². The molecule has 0 unspecified atom stereocenters. The summed E-state index contributed by atoms with van der Waals surface area (Å²) in [7, 11) is -1.33. The fourth-order valence-corrected chi connectivity index (χ4v) is 4.86. The van der Waals surface area contributed by atoms with Crippen LogP contribution in [0, 0.1) is 0 Å². The van der Waals surface area contributed by atoms with Gasteiger partial charge in [-0.25, -0.2) is 0 Å². The maximum absolute atomic E-state index is 5.80. The van der Waals surface area contributed by atoms with E-state index in [1.54, 1.807) is 10.8 Å². The van der Waals surface area contributed by atoms with E-state index in [0.717, 1.165) is 25.9 Å². The van der Waals surface area contributed by atoms with Gasteiger partial charge < -0.3 is 4.74 Å². The number of unbranched alkanes of at least 4 members (excludes halogenated alkanes) is 4. The summed E-state index contributed by atoms with van der Waals surface area (Å²) in [5, 5.41) is 1.65. The van der Waals surface area contributed by atoms with Crippen LogP contribution in [-0.4, -0.2) is 20.3 Å². The number of allylic oxidation sites excluding steroid dienone is 5. The summed E-state index contributed by atoms with van der Waals surface area (Å²) in [5.74, 6) is 0. The fourth-order valence-electron chi connectivity index (χ4n) is 2.95. The van der Waals surface area contributed by atoms with Crippen molar-refractivity contribution in [2.45, 2.75) is 104 Å². The van der Waals surface area contributed by atoms with E-state index in [4.69, 9.17) is 4.74 Å². The first kappa shape index (κ1) is 24.4. The number of rotatable bonds is 13. The second kappa shape index (κ2) is 12.7. The number of hydrogen-bond acceptors (Lipinski definition) is 1. The second-order valence-corrected chi connectivity index (χ2v) is 14.1. The summed E-state index contributed by atoms with van der Waals surface area (Å²) in [5.41, 5.74) is 1.62. The van der Waals surface area contributed by atoms with Gasteiger partial charge in [-0.05, 0) is 59.3 Å². The third-order valence-electron chi connectivity index (χ3n) is 4.25. The Labute approximate surface area is 159 Å². The van der Waals surface area contributed by atoms with Gasteiger partial charge in [0.05, 0.1) is 13.7 Å². The van der Waals surface area contributed by atoms with Crippen LogP contribution in [0.4, 0.5) is 0 Å². The summed E-state index contributed by atoms with van der Waals surface area (Å²) in [4.78, 5) is 0. The monoisotopic (exact) mass is 364 g/mol. The standard InChI is InChI=1S/C23H44OSi/c1-9-11-14-18-21(17-10-2)22(25(6,7)8)19-15-12-13-16-20-24-23(3,4)5/h10,15,19H,2,9,11-14,16-18,20H2,1,3-8H3/b19-15-,22-21-. The lowest BCUT2D eigenvalue weighted by Gasteiger charge is -2.23. The zero-order valence-electron chi connectivity index (χ0n) is 18.2. The van der Waals surface area contributed by atoms with Crippen molar-refractivity contribution in [2.24, 2.45) is 0 Å². The lowest BCUT2D eigenvalue weighted by atomic mass is 10.0. The molecule has 0 radical (unpaired) electrons. The molecule has 0 aromatic carbocycles. The molecule has 0 aromatic heterocycles. The molecular formula is C23H44OSi. The first-order valence-electron chi connectivity index (χ1n) is 10.3. The Kier molecular flexibility index (Phi) is 12.4. The van der Waals surface area contributed by atoms with Crippen molar-refractivity contribution in [3.8, 4) is 0 Å². The molecule has 146 valence electrons. The minimum Gasteiger partial charge on any atom is -0.376 e. The molecule has 0 aromatic rings. The van der Waals surface area contributed by atoms with E-state index in [-0.39, 0.29) is 5.60 Å². The molecule has 0 fully saturated rings. The molecule has 0 saturated carbocycles. The Morgan fingerprint density at radius 1 is 1.04 bits per heavy atom. The molecular weight excluding hydrogens is 320 g/mol. The van der Waals surface area contributed by atoms with E-state index in [9.17, 15) is 0 Å². The number of hydrogen-bond donors (Lipinski definition) is 0. The SMILES string of the molecule is C=CC/C(CCCCC)=C(\C=C/CCCCOC(C)(C)C)[Si](C)(C)C. The van der Waals surface area contributed by atoms with Gasteiger partial charge in [0, 0.05) is 6.61 Å². The first-order chi connectivity index (χ1) is 11.6. The molecule has 0 heterocycles. The molecule has 0 spiro atoms. The van der Waals surface area contributed by atoms with Gasteiger partial charge in [0.1, 0.15) is 0 Å². The third kappa shape index (κ3) is 13.3. The number of ether oxygens (including phenoxy) is 1. The smallest absolute Gasteiger partial charge is 0.0775 e. The summed E-state index contributed by atoms with van der Waals surface area (Å²) < 4.78 is 5.80. The fraction of sp³-hybridized carbons (Fsp3) is 0.739. The van der Waals surface area contributed by atoms with Crippen LogP contribution in [0.3, 0.4) is 0 Å². The summed E-state index contributed by atoms with van der Waals surface area (Å²) in [6, 6.07) is 0. The van der Waals surface area contributed by atoms with Crippen LogP contribution in [-0.2, 0) is 4.74 Å². The van der Waals surface area contributed by atoms with Crippen molar-refractivity contribution < 1.29 is 4.74 Å². The zero-order chi connectivity index (χ0) is 19.3. The Bertz CT molecular complexity index is 418. The topological polar surface area (TPSA) is 9.23 Å². The molecule has 0 atom stereocenters. The van der Waals surface area contributed by atoms with Crippen molar-refractivity contribution in [3.63, 3.8) is 0 Å². The van der Waals surface area contributed by atoms with Gasteiger partial charge in [-0.1, -0.05) is 68.4 Å². The normalized spacial score (nSPS) is 14.0. The largest absolute Gasteiger partial charge is 0.376 e. The minimum atomic E-state index is -1.33. The van der Waals surface area contributed by atoms with E-state index in [2.05, 4.69) is 72.1 Å². The van der Waals surface area contributed by atoms with Crippen LogP contribution < -0.4 is 0 Å². The van der Waals surface area contributed by atoms with E-state index in [1.807, 2.05) is 0 Å². The Hall–Kier alpha value is -0.603. The molecule has 1 nitrogen and oxygen atoms in total. The molecule has 0 aliphatic rings. The maximum atomic E-state index is 5.80. The average molecular weight is 365 g/mol. The highest BCUT2D eigenvalue weighted by molar-refractivity contribution is 6.83. The van der Waals surface area contributed by atoms with Gasteiger partial charge in [0.15, 0.2) is 0 Å². The lowest BCUT2D eigenvalue weighted by Crippen LogP contribution is -2.24. The highest BCUT2D eigenvalue weighted by Gasteiger charge is 2.20. The van der Waals surface area contributed by atoms with Crippen molar-refractivity contribution in [1.82, 2.24) is 0 Å². The zero-order valence-corrected chi connectivity index (χ0v) is 19.2. The van der Waals surface area contributed by atoms with Gasteiger partial charge in [-0.3, -0.25) is 0 Å². The molecule has 0 amide bonds. The molecule has 0 aliphatic heterocycles. The molecule has 0 rings (SSSR count). The minimum absolute atomic E-state index is 0.0122. The highest BCUT2D eigenvalue weighted by Crippen LogP contribution is 2.26. The van der Waals surface area contributed by atoms with E-state index < -0.39 is 8.07 Å². The van der Waals surface area contributed by atoms with Crippen LogP contribution in [0.1, 0.15) is 79.1 Å². The Morgan fingerprint density at radius 3 is 2.24 bits per heavy atom. The van der Waals surface area contributed by atoms with Crippen molar-refractivity contribution in [3.05, 3.63) is 35.6 Å². The molecule has 0 aliphatic carbocycles. The first-order valence-corrected chi connectivity index (χ1v) is 13.8. The lowest BCUT2D eigenvalue weighted by molar-refractivity contribution is -0.00447. The average Bonchev–Trinajstić information content (AvgIpc) is 2.47. The van der Waals surface area contributed by atoms with Crippen LogP contribution >= 0.6 is 0 Å². The third-order valence-corrected chi connectivity index (χ3v) is 6.38. The summed E-state index contributed by atoms with van der Waals surface area (Å²) in [6.07, 6.45) is 16.6. The predicted octanol–water partition coefficient (Wildman–Crippen LogP) is 7.86. The molecule has 2 heteroatoms. The van der Waals surface area contributed by atoms with E-state index in [1.165, 1.54) is 32.1 Å². The van der Waals surface area contributed by atoms with Gasteiger partial charge in [0.25, 0.3) is 0 Å². The van der Waals surface area contributed by atoms with Gasteiger partial charge in [-0.2, -0.15) is 0 Å².